The van der Waals surface area contributed by atoms with Crippen LogP contribution in [0.1, 0.15) is 51.6 Å². The number of furan rings is 1. The summed E-state index contributed by atoms with van der Waals surface area (Å²) < 4.78 is 12.0. The van der Waals surface area contributed by atoms with E-state index in [9.17, 15) is 19.5 Å². The fraction of sp³-hybridized carbons (Fsp3) is 0.219. The van der Waals surface area contributed by atoms with Crippen molar-refractivity contribution in [1.82, 2.24) is 5.32 Å². The molecule has 0 saturated carbocycles. The molecule has 0 fully saturated rings. The molecule has 0 radical (unpaired) electrons. The largest absolute Gasteiger partial charge is 1.00 e. The van der Waals surface area contributed by atoms with Crippen molar-refractivity contribution >= 4 is 29.9 Å². The second-order valence-electron chi connectivity index (χ2n) is 9.32. The number of methoxy groups -OCH3 is 1. The van der Waals surface area contributed by atoms with Gasteiger partial charge in [0.15, 0.2) is 0 Å². The average Bonchev–Trinajstić information content (AvgIpc) is 3.45. The maximum absolute atomic E-state index is 13.4. The Morgan fingerprint density at radius 2 is 1.78 bits per heavy atom. The molecule has 1 amide bonds. The molecule has 208 valence electrons. The van der Waals surface area contributed by atoms with E-state index in [-0.39, 0.29) is 20.3 Å². The third kappa shape index (κ3) is 7.60. The van der Waals surface area contributed by atoms with Crippen LogP contribution in [0.25, 0.3) is 22.5 Å². The van der Waals surface area contributed by atoms with E-state index in [0.29, 0.717) is 40.4 Å². The normalized spacial score (nSPS) is 12.2. The van der Waals surface area contributed by atoms with Crippen molar-refractivity contribution < 1.29 is 48.9 Å². The van der Waals surface area contributed by atoms with Crippen LogP contribution >= 0.6 is 11.8 Å². The van der Waals surface area contributed by atoms with Gasteiger partial charge in [-0.25, -0.2) is 4.79 Å². The fourth-order valence-electron chi connectivity index (χ4n) is 4.54. The molecular weight excluding hydrogens is 533 g/mol. The minimum Gasteiger partial charge on any atom is -1.00 e. The first-order valence-corrected chi connectivity index (χ1v) is 14.2. The second kappa shape index (κ2) is 14.9. The molecule has 9 heteroatoms. The van der Waals surface area contributed by atoms with Crippen molar-refractivity contribution in [1.29, 1.82) is 0 Å². The van der Waals surface area contributed by atoms with Crippen molar-refractivity contribution in [3.8, 4) is 22.5 Å². The van der Waals surface area contributed by atoms with E-state index in [2.05, 4.69) is 5.32 Å². The smallest absolute Gasteiger partial charge is 1.00 e. The Kier molecular flexibility index (Phi) is 11.6. The standard InChI is InChI=1S/C32H31NO6S.Li.H/c1-20-6-4-5-7-24(20)26-18-23(12-13-25(26)31(35)33-27(32(36)37)16-17-40-3)30(38-2)29-15-14-28(39-29)22-10-8-21(19-34)9-11-22;;/h4-15,18-19,27,30H,16-17H2,1-3H3,(H,33,35)(H,36,37);;/q;+1;-1. The van der Waals surface area contributed by atoms with E-state index in [0.717, 1.165) is 28.5 Å². The van der Waals surface area contributed by atoms with Crippen LogP contribution in [-0.4, -0.2) is 48.4 Å². The number of ether oxygens (including phenoxy) is 1. The molecule has 2 N–H and O–H groups in total. The summed E-state index contributed by atoms with van der Waals surface area (Å²) in [6.45, 7) is 1.96. The number of thioether (sulfide) groups is 1. The van der Waals surface area contributed by atoms with Crippen molar-refractivity contribution in [2.45, 2.75) is 25.5 Å². The predicted molar refractivity (Wildman–Crippen MR) is 158 cm³/mol. The number of hydrogen-bond acceptors (Lipinski definition) is 6. The molecule has 4 aromatic rings. The number of aldehydes is 1. The molecule has 0 aliphatic carbocycles. The van der Waals surface area contributed by atoms with E-state index in [1.54, 1.807) is 31.4 Å². The van der Waals surface area contributed by atoms with Crippen molar-refractivity contribution in [3.05, 3.63) is 107 Å². The number of carboxylic acids is 1. The van der Waals surface area contributed by atoms with Crippen LogP contribution in [0.2, 0.25) is 0 Å². The van der Waals surface area contributed by atoms with Crippen molar-refractivity contribution in [2.24, 2.45) is 0 Å². The molecule has 0 aliphatic rings. The molecule has 3 aromatic carbocycles. The molecule has 2 atom stereocenters. The van der Waals surface area contributed by atoms with E-state index < -0.39 is 24.0 Å². The van der Waals surface area contributed by atoms with Crippen LogP contribution in [0.15, 0.2) is 83.3 Å². The second-order valence-corrected chi connectivity index (χ2v) is 10.3. The van der Waals surface area contributed by atoms with Crippen LogP contribution in [0.4, 0.5) is 0 Å². The number of carboxylic acid groups (broad SMARTS) is 1. The topological polar surface area (TPSA) is 106 Å². The molecule has 41 heavy (non-hydrogen) atoms. The van der Waals surface area contributed by atoms with Gasteiger partial charge in [0.05, 0.1) is 0 Å². The Balaban J connectivity index is 0.00000308. The van der Waals surface area contributed by atoms with Gasteiger partial charge >= 0.3 is 24.8 Å². The van der Waals surface area contributed by atoms with Gasteiger partial charge in [-0.2, -0.15) is 11.8 Å². The van der Waals surface area contributed by atoms with Gasteiger partial charge in [0, 0.05) is 23.8 Å². The number of carbonyl (C=O) groups is 3. The van der Waals surface area contributed by atoms with E-state index in [1.165, 1.54) is 11.8 Å². The first kappa shape index (κ1) is 32.0. The zero-order valence-corrected chi connectivity index (χ0v) is 24.4. The first-order chi connectivity index (χ1) is 19.4. The summed E-state index contributed by atoms with van der Waals surface area (Å²) >= 11 is 1.53. The molecule has 0 bridgehead atoms. The maximum Gasteiger partial charge on any atom is 1.00 e. The van der Waals surface area contributed by atoms with E-state index in [1.807, 2.05) is 67.8 Å². The molecule has 0 spiro atoms. The summed E-state index contributed by atoms with van der Waals surface area (Å²) in [5.74, 6) is 0.307. The number of rotatable bonds is 12. The van der Waals surface area contributed by atoms with Crippen LogP contribution in [0, 0.1) is 6.92 Å². The number of aliphatic carboxylic acids is 1. The van der Waals surface area contributed by atoms with Crippen LogP contribution in [0.3, 0.4) is 0 Å². The molecule has 2 unspecified atom stereocenters. The summed E-state index contributed by atoms with van der Waals surface area (Å²) in [6.07, 6.45) is 2.45. The third-order valence-electron chi connectivity index (χ3n) is 6.69. The van der Waals surface area contributed by atoms with Gasteiger partial charge in [0.1, 0.15) is 30.0 Å². The summed E-state index contributed by atoms with van der Waals surface area (Å²) in [5.41, 5.74) is 5.05. The quantitative estimate of drug-likeness (QED) is 0.200. The Morgan fingerprint density at radius 1 is 1.05 bits per heavy atom. The zero-order valence-electron chi connectivity index (χ0n) is 24.5. The first-order valence-electron chi connectivity index (χ1n) is 12.8. The number of carbonyl (C=O) groups excluding carboxylic acids is 2. The number of benzene rings is 3. The predicted octanol–water partition coefficient (Wildman–Crippen LogP) is 3.52. The van der Waals surface area contributed by atoms with Gasteiger partial charge in [-0.05, 0) is 71.9 Å². The number of aryl methyl sites for hydroxylation is 1. The third-order valence-corrected chi connectivity index (χ3v) is 7.34. The van der Waals surface area contributed by atoms with Crippen LogP contribution in [0.5, 0.6) is 0 Å². The summed E-state index contributed by atoms with van der Waals surface area (Å²) in [6, 6.07) is 22.9. The van der Waals surface area contributed by atoms with Crippen molar-refractivity contribution in [3.63, 3.8) is 0 Å². The van der Waals surface area contributed by atoms with Gasteiger partial charge < -0.3 is 21.0 Å². The molecule has 1 aromatic heterocycles. The van der Waals surface area contributed by atoms with Crippen molar-refractivity contribution in [2.75, 3.05) is 19.1 Å². The fourth-order valence-corrected chi connectivity index (χ4v) is 5.01. The van der Waals surface area contributed by atoms with Gasteiger partial charge in [0.25, 0.3) is 5.91 Å². The molecule has 1 heterocycles. The minimum absolute atomic E-state index is 0. The van der Waals surface area contributed by atoms with Gasteiger partial charge in [-0.3, -0.25) is 9.59 Å². The van der Waals surface area contributed by atoms with Crippen LogP contribution < -0.4 is 24.2 Å². The zero-order chi connectivity index (χ0) is 28.6. The van der Waals surface area contributed by atoms with E-state index in [4.69, 9.17) is 9.15 Å². The average molecular weight is 566 g/mol. The SMILES string of the molecule is COC(c1ccc(C(=O)NC(CCSC)C(=O)O)c(-c2ccccc2C)c1)c1ccc(-c2ccc(C=O)cc2)o1.[H-].[Li+]. The number of amides is 1. The molecular formula is C32H32LiNO6S. The summed E-state index contributed by atoms with van der Waals surface area (Å²) in [5, 5.41) is 12.3. The Labute approximate surface area is 257 Å². The molecule has 0 saturated heterocycles. The van der Waals surface area contributed by atoms with E-state index >= 15 is 0 Å². The summed E-state index contributed by atoms with van der Waals surface area (Å²) in [4.78, 5) is 36.2. The Hall–Kier alpha value is -3.54. The molecule has 0 aliphatic heterocycles. The number of hydrogen-bond donors (Lipinski definition) is 2. The minimum atomic E-state index is -1.06. The maximum atomic E-state index is 13.4. The van der Waals surface area contributed by atoms with Gasteiger partial charge in [-0.1, -0.05) is 54.6 Å². The monoisotopic (exact) mass is 565 g/mol. The molecule has 7 nitrogen and oxygen atoms in total. The van der Waals surface area contributed by atoms with Gasteiger partial charge in [0.2, 0.25) is 0 Å². The number of nitrogens with one attached hydrogen (secondary N) is 1. The summed E-state index contributed by atoms with van der Waals surface area (Å²) in [7, 11) is 1.59. The molecule has 4 rings (SSSR count). The Bertz CT molecular complexity index is 1510. The van der Waals surface area contributed by atoms with Gasteiger partial charge in [-0.15, -0.1) is 0 Å². The Morgan fingerprint density at radius 3 is 2.41 bits per heavy atom. The van der Waals surface area contributed by atoms with Crippen LogP contribution in [-0.2, 0) is 9.53 Å².